The SMILES string of the molecule is CC(C(=O)N1CCNCC1)c1c[nH]c2ccccc12. The van der Waals surface area contributed by atoms with E-state index in [0.717, 1.165) is 42.6 Å². The van der Waals surface area contributed by atoms with Crippen LogP contribution in [0.15, 0.2) is 30.5 Å². The fourth-order valence-electron chi connectivity index (χ4n) is 2.74. The average Bonchev–Trinajstić information content (AvgIpc) is 2.90. The molecule has 1 aromatic heterocycles. The van der Waals surface area contributed by atoms with E-state index in [0.29, 0.717) is 0 Å². The molecule has 4 heteroatoms. The van der Waals surface area contributed by atoms with Gasteiger partial charge in [-0.1, -0.05) is 18.2 Å². The number of H-pyrrole nitrogens is 1. The van der Waals surface area contributed by atoms with Crippen molar-refractivity contribution < 1.29 is 4.79 Å². The van der Waals surface area contributed by atoms with Crippen LogP contribution in [0.2, 0.25) is 0 Å². The van der Waals surface area contributed by atoms with E-state index in [1.807, 2.05) is 36.2 Å². The number of aromatic nitrogens is 1. The van der Waals surface area contributed by atoms with Gasteiger partial charge in [0, 0.05) is 43.3 Å². The Labute approximate surface area is 112 Å². The summed E-state index contributed by atoms with van der Waals surface area (Å²) in [6.45, 7) is 5.41. The third-order valence-corrected chi connectivity index (χ3v) is 3.89. The monoisotopic (exact) mass is 257 g/mol. The van der Waals surface area contributed by atoms with Gasteiger partial charge >= 0.3 is 0 Å². The highest BCUT2D eigenvalue weighted by molar-refractivity contribution is 5.91. The first-order valence-corrected chi connectivity index (χ1v) is 6.83. The number of piperazine rings is 1. The number of carbonyl (C=O) groups excluding carboxylic acids is 1. The van der Waals surface area contributed by atoms with Gasteiger partial charge < -0.3 is 15.2 Å². The molecule has 1 aliphatic rings. The second-order valence-electron chi connectivity index (χ2n) is 5.09. The van der Waals surface area contributed by atoms with Crippen LogP contribution in [-0.4, -0.2) is 42.0 Å². The Hall–Kier alpha value is -1.81. The normalized spacial score (nSPS) is 17.6. The summed E-state index contributed by atoms with van der Waals surface area (Å²) in [6, 6.07) is 8.14. The zero-order chi connectivity index (χ0) is 13.2. The number of nitrogens with one attached hydrogen (secondary N) is 2. The van der Waals surface area contributed by atoms with Crippen molar-refractivity contribution in [3.63, 3.8) is 0 Å². The van der Waals surface area contributed by atoms with Gasteiger partial charge in [-0.05, 0) is 18.6 Å². The molecule has 100 valence electrons. The molecule has 0 radical (unpaired) electrons. The van der Waals surface area contributed by atoms with Crippen LogP contribution in [0.1, 0.15) is 18.4 Å². The Kier molecular flexibility index (Phi) is 3.25. The minimum atomic E-state index is -0.0887. The topological polar surface area (TPSA) is 48.1 Å². The first-order valence-electron chi connectivity index (χ1n) is 6.83. The van der Waals surface area contributed by atoms with Gasteiger partial charge in [0.1, 0.15) is 0 Å². The molecule has 19 heavy (non-hydrogen) atoms. The molecule has 4 nitrogen and oxygen atoms in total. The van der Waals surface area contributed by atoms with Crippen LogP contribution in [-0.2, 0) is 4.79 Å². The van der Waals surface area contributed by atoms with E-state index in [2.05, 4.69) is 16.4 Å². The van der Waals surface area contributed by atoms with Crippen molar-refractivity contribution in [2.24, 2.45) is 0 Å². The van der Waals surface area contributed by atoms with Gasteiger partial charge in [-0.2, -0.15) is 0 Å². The molecule has 0 aliphatic carbocycles. The summed E-state index contributed by atoms with van der Waals surface area (Å²) in [4.78, 5) is 17.7. The molecule has 1 unspecified atom stereocenters. The molecule has 0 spiro atoms. The number of benzene rings is 1. The molecule has 1 atom stereocenters. The van der Waals surface area contributed by atoms with Gasteiger partial charge in [-0.15, -0.1) is 0 Å². The lowest BCUT2D eigenvalue weighted by atomic mass is 9.99. The predicted molar refractivity (Wildman–Crippen MR) is 76.2 cm³/mol. The van der Waals surface area contributed by atoms with Crippen LogP contribution in [0.3, 0.4) is 0 Å². The number of carbonyl (C=O) groups is 1. The lowest BCUT2D eigenvalue weighted by molar-refractivity contribution is -0.132. The quantitative estimate of drug-likeness (QED) is 0.860. The summed E-state index contributed by atoms with van der Waals surface area (Å²) in [5.74, 6) is 0.139. The summed E-state index contributed by atoms with van der Waals surface area (Å²) in [5.41, 5.74) is 2.19. The molecule has 3 rings (SSSR count). The number of aromatic amines is 1. The van der Waals surface area contributed by atoms with Crippen LogP contribution in [0, 0.1) is 0 Å². The second kappa shape index (κ2) is 5.05. The van der Waals surface area contributed by atoms with Crippen molar-refractivity contribution >= 4 is 16.8 Å². The Morgan fingerprint density at radius 1 is 1.26 bits per heavy atom. The third-order valence-electron chi connectivity index (χ3n) is 3.89. The van der Waals surface area contributed by atoms with Crippen LogP contribution >= 0.6 is 0 Å². The summed E-state index contributed by atoms with van der Waals surface area (Å²) in [7, 11) is 0. The molecule has 2 N–H and O–H groups in total. The van der Waals surface area contributed by atoms with Crippen molar-refractivity contribution in [2.75, 3.05) is 26.2 Å². The zero-order valence-electron chi connectivity index (χ0n) is 11.1. The fourth-order valence-corrected chi connectivity index (χ4v) is 2.74. The maximum absolute atomic E-state index is 12.5. The second-order valence-corrected chi connectivity index (χ2v) is 5.09. The summed E-state index contributed by atoms with van der Waals surface area (Å²) in [5, 5.41) is 4.42. The van der Waals surface area contributed by atoms with E-state index in [-0.39, 0.29) is 11.8 Å². The molecule has 2 heterocycles. The number of para-hydroxylation sites is 1. The Bertz CT molecular complexity index is 584. The largest absolute Gasteiger partial charge is 0.361 e. The number of hydrogen-bond acceptors (Lipinski definition) is 2. The predicted octanol–water partition coefficient (Wildman–Crippen LogP) is 1.70. The minimum absolute atomic E-state index is 0.0887. The summed E-state index contributed by atoms with van der Waals surface area (Å²) >= 11 is 0. The molecule has 1 aliphatic heterocycles. The van der Waals surface area contributed by atoms with Gasteiger partial charge in [0.2, 0.25) is 5.91 Å². The first-order chi connectivity index (χ1) is 9.27. The van der Waals surface area contributed by atoms with Gasteiger partial charge in [0.25, 0.3) is 0 Å². The van der Waals surface area contributed by atoms with Crippen LogP contribution in [0.25, 0.3) is 10.9 Å². The smallest absolute Gasteiger partial charge is 0.229 e. The van der Waals surface area contributed by atoms with Gasteiger partial charge in [-0.3, -0.25) is 4.79 Å². The number of nitrogens with zero attached hydrogens (tertiary/aromatic N) is 1. The Balaban J connectivity index is 1.86. The van der Waals surface area contributed by atoms with Crippen molar-refractivity contribution in [1.29, 1.82) is 0 Å². The maximum Gasteiger partial charge on any atom is 0.229 e. The molecule has 2 aromatic rings. The number of hydrogen-bond donors (Lipinski definition) is 2. The molecule has 1 amide bonds. The highest BCUT2D eigenvalue weighted by Gasteiger charge is 2.24. The van der Waals surface area contributed by atoms with Gasteiger partial charge in [-0.25, -0.2) is 0 Å². The maximum atomic E-state index is 12.5. The Morgan fingerprint density at radius 3 is 2.79 bits per heavy atom. The standard InChI is InChI=1S/C15H19N3O/c1-11(15(19)18-8-6-16-7-9-18)13-10-17-14-5-3-2-4-12(13)14/h2-5,10-11,16-17H,6-9H2,1H3. The van der Waals surface area contributed by atoms with E-state index < -0.39 is 0 Å². The summed E-state index contributed by atoms with van der Waals surface area (Å²) in [6.07, 6.45) is 1.97. The molecule has 1 saturated heterocycles. The van der Waals surface area contributed by atoms with E-state index in [1.54, 1.807) is 0 Å². The molecular weight excluding hydrogens is 238 g/mol. The van der Waals surface area contributed by atoms with Crippen LogP contribution in [0.4, 0.5) is 0 Å². The highest BCUT2D eigenvalue weighted by Crippen LogP contribution is 2.26. The van der Waals surface area contributed by atoms with Crippen molar-refractivity contribution in [3.05, 3.63) is 36.0 Å². The van der Waals surface area contributed by atoms with Crippen molar-refractivity contribution in [2.45, 2.75) is 12.8 Å². The molecule has 0 bridgehead atoms. The lowest BCUT2D eigenvalue weighted by Crippen LogP contribution is -2.47. The molecular formula is C15H19N3O. The average molecular weight is 257 g/mol. The lowest BCUT2D eigenvalue weighted by Gasteiger charge is -2.29. The minimum Gasteiger partial charge on any atom is -0.361 e. The molecule has 0 saturated carbocycles. The van der Waals surface area contributed by atoms with E-state index in [1.165, 1.54) is 0 Å². The number of amides is 1. The van der Waals surface area contributed by atoms with Crippen molar-refractivity contribution in [1.82, 2.24) is 15.2 Å². The van der Waals surface area contributed by atoms with Crippen molar-refractivity contribution in [3.8, 4) is 0 Å². The third kappa shape index (κ3) is 2.24. The van der Waals surface area contributed by atoms with Crippen LogP contribution < -0.4 is 5.32 Å². The Morgan fingerprint density at radius 2 is 2.00 bits per heavy atom. The summed E-state index contributed by atoms with van der Waals surface area (Å²) < 4.78 is 0. The number of rotatable bonds is 2. The number of fused-ring (bicyclic) bond motifs is 1. The van der Waals surface area contributed by atoms with Gasteiger partial charge in [0.05, 0.1) is 5.92 Å². The highest BCUT2D eigenvalue weighted by atomic mass is 16.2. The van der Waals surface area contributed by atoms with E-state index in [4.69, 9.17) is 0 Å². The first kappa shape index (κ1) is 12.2. The molecule has 1 fully saturated rings. The van der Waals surface area contributed by atoms with Gasteiger partial charge in [0.15, 0.2) is 0 Å². The fraction of sp³-hybridized carbons (Fsp3) is 0.400. The zero-order valence-corrected chi connectivity index (χ0v) is 11.1. The van der Waals surface area contributed by atoms with E-state index in [9.17, 15) is 4.79 Å². The molecule has 1 aromatic carbocycles. The van der Waals surface area contributed by atoms with E-state index >= 15 is 0 Å². The van der Waals surface area contributed by atoms with Crippen LogP contribution in [0.5, 0.6) is 0 Å².